The van der Waals surface area contributed by atoms with Gasteiger partial charge in [0.2, 0.25) is 5.91 Å². The third-order valence-electron chi connectivity index (χ3n) is 2.44. The highest BCUT2D eigenvalue weighted by atomic mass is 35.5. The molecule has 0 saturated heterocycles. The topological polar surface area (TPSA) is 88.2 Å². The monoisotopic (exact) mass is 345 g/mol. The number of nitrogens with one attached hydrogen (secondary N) is 2. The lowest BCUT2D eigenvalue weighted by Gasteiger charge is -2.08. The average Bonchev–Trinajstić information content (AvgIpc) is 2.82. The number of hydrazine groups is 1. The second kappa shape index (κ2) is 6.52. The molecule has 0 bridgehead atoms. The molecule has 6 nitrogen and oxygen atoms in total. The van der Waals surface area contributed by atoms with Crippen molar-refractivity contribution < 1.29 is 13.2 Å². The lowest BCUT2D eigenvalue weighted by molar-refractivity contribution is -0.120. The SMILES string of the molecule is Cc1nc(CC(=O)NNS(=O)(=O)c2cccc(Cl)c2)cs1. The van der Waals surface area contributed by atoms with Crippen molar-refractivity contribution in [1.82, 2.24) is 15.2 Å². The third kappa shape index (κ3) is 4.50. The number of carbonyl (C=O) groups is 1. The molecule has 1 heterocycles. The fourth-order valence-corrected chi connectivity index (χ4v) is 3.29. The van der Waals surface area contributed by atoms with Crippen LogP contribution in [-0.2, 0) is 21.2 Å². The molecule has 21 heavy (non-hydrogen) atoms. The molecule has 9 heteroatoms. The van der Waals surface area contributed by atoms with Gasteiger partial charge in [0, 0.05) is 10.4 Å². The summed E-state index contributed by atoms with van der Waals surface area (Å²) in [5, 5.41) is 2.89. The van der Waals surface area contributed by atoms with Gasteiger partial charge in [-0.15, -0.1) is 16.2 Å². The van der Waals surface area contributed by atoms with Crippen molar-refractivity contribution in [3.05, 3.63) is 45.4 Å². The number of aryl methyl sites for hydroxylation is 1. The maximum atomic E-state index is 11.9. The summed E-state index contributed by atoms with van der Waals surface area (Å²) in [6.07, 6.45) is 0.00239. The largest absolute Gasteiger partial charge is 0.277 e. The zero-order chi connectivity index (χ0) is 15.5. The number of aromatic nitrogens is 1. The van der Waals surface area contributed by atoms with Crippen molar-refractivity contribution in [3.8, 4) is 0 Å². The Bertz CT molecular complexity index is 759. The molecule has 0 atom stereocenters. The summed E-state index contributed by atoms with van der Waals surface area (Å²) in [6.45, 7) is 1.83. The number of benzene rings is 1. The van der Waals surface area contributed by atoms with Crippen LogP contribution < -0.4 is 10.3 Å². The third-order valence-corrected chi connectivity index (χ3v) is 4.74. The molecule has 0 aliphatic heterocycles. The minimum Gasteiger partial charge on any atom is -0.277 e. The van der Waals surface area contributed by atoms with E-state index >= 15 is 0 Å². The van der Waals surface area contributed by atoms with E-state index in [1.807, 2.05) is 11.8 Å². The molecule has 112 valence electrons. The van der Waals surface area contributed by atoms with Crippen LogP contribution in [0, 0.1) is 6.92 Å². The van der Waals surface area contributed by atoms with Crippen molar-refractivity contribution in [2.75, 3.05) is 0 Å². The van der Waals surface area contributed by atoms with Gasteiger partial charge in [-0.3, -0.25) is 10.2 Å². The smallest absolute Gasteiger partial charge is 0.257 e. The van der Waals surface area contributed by atoms with Gasteiger partial charge in [0.05, 0.1) is 22.0 Å². The van der Waals surface area contributed by atoms with Gasteiger partial charge in [0.1, 0.15) is 0 Å². The van der Waals surface area contributed by atoms with Gasteiger partial charge in [-0.25, -0.2) is 13.4 Å². The van der Waals surface area contributed by atoms with Gasteiger partial charge in [-0.05, 0) is 25.1 Å². The molecular formula is C12H12ClN3O3S2. The van der Waals surface area contributed by atoms with Crippen molar-refractivity contribution in [2.45, 2.75) is 18.2 Å². The number of nitrogens with zero attached hydrogens (tertiary/aromatic N) is 1. The average molecular weight is 346 g/mol. The first kappa shape index (κ1) is 15.9. The Morgan fingerprint density at radius 2 is 2.19 bits per heavy atom. The molecule has 1 amide bonds. The zero-order valence-corrected chi connectivity index (χ0v) is 13.3. The lowest BCUT2D eigenvalue weighted by Crippen LogP contribution is -2.42. The molecule has 0 radical (unpaired) electrons. The van der Waals surface area contributed by atoms with E-state index in [-0.39, 0.29) is 11.3 Å². The first-order valence-electron chi connectivity index (χ1n) is 5.84. The maximum absolute atomic E-state index is 11.9. The highest BCUT2D eigenvalue weighted by Crippen LogP contribution is 2.14. The van der Waals surface area contributed by atoms with Gasteiger partial charge in [0.25, 0.3) is 10.0 Å². The zero-order valence-electron chi connectivity index (χ0n) is 11.0. The quantitative estimate of drug-likeness (QED) is 0.807. The molecule has 0 aliphatic rings. The highest BCUT2D eigenvalue weighted by Gasteiger charge is 2.15. The van der Waals surface area contributed by atoms with E-state index < -0.39 is 15.9 Å². The number of sulfonamides is 1. The molecular weight excluding hydrogens is 334 g/mol. The Morgan fingerprint density at radius 1 is 1.43 bits per heavy atom. The first-order chi connectivity index (χ1) is 9.87. The van der Waals surface area contributed by atoms with Gasteiger partial charge in [-0.2, -0.15) is 0 Å². The number of carbonyl (C=O) groups excluding carboxylic acids is 1. The Hall–Kier alpha value is -1.48. The lowest BCUT2D eigenvalue weighted by atomic mass is 10.3. The molecule has 0 unspecified atom stereocenters. The summed E-state index contributed by atoms with van der Waals surface area (Å²) in [6, 6.07) is 5.74. The summed E-state index contributed by atoms with van der Waals surface area (Å²) in [4.78, 5) is 17.8. The molecule has 0 spiro atoms. The van der Waals surface area contributed by atoms with Gasteiger partial charge in [0.15, 0.2) is 0 Å². The fraction of sp³-hybridized carbons (Fsp3) is 0.167. The Morgan fingerprint density at radius 3 is 2.81 bits per heavy atom. The minimum atomic E-state index is -3.85. The number of hydrogen-bond acceptors (Lipinski definition) is 5. The fourth-order valence-electron chi connectivity index (χ4n) is 1.52. The predicted octanol–water partition coefficient (Wildman–Crippen LogP) is 1.66. The number of thiazole rings is 1. The van der Waals surface area contributed by atoms with Crippen LogP contribution in [0.4, 0.5) is 0 Å². The number of rotatable bonds is 5. The summed E-state index contributed by atoms with van der Waals surface area (Å²) in [7, 11) is -3.85. The van der Waals surface area contributed by atoms with Crippen LogP contribution in [-0.4, -0.2) is 19.3 Å². The maximum Gasteiger partial charge on any atom is 0.257 e. The minimum absolute atomic E-state index is 0.00239. The van der Waals surface area contributed by atoms with Crippen LogP contribution in [0.5, 0.6) is 0 Å². The number of hydrogen-bond donors (Lipinski definition) is 2. The van der Waals surface area contributed by atoms with Crippen molar-refractivity contribution in [2.24, 2.45) is 0 Å². The van der Waals surface area contributed by atoms with Crippen LogP contribution in [0.3, 0.4) is 0 Å². The van der Waals surface area contributed by atoms with Crippen molar-refractivity contribution in [3.63, 3.8) is 0 Å². The van der Waals surface area contributed by atoms with E-state index in [9.17, 15) is 13.2 Å². The van der Waals surface area contributed by atoms with E-state index in [1.165, 1.54) is 29.5 Å². The van der Waals surface area contributed by atoms with Gasteiger partial charge >= 0.3 is 0 Å². The predicted molar refractivity (Wildman–Crippen MR) is 80.5 cm³/mol. The Kier molecular flexibility index (Phi) is 4.94. The van der Waals surface area contributed by atoms with Gasteiger partial charge < -0.3 is 0 Å². The molecule has 0 fully saturated rings. The van der Waals surface area contributed by atoms with E-state index in [2.05, 4.69) is 10.4 Å². The van der Waals surface area contributed by atoms with Crippen LogP contribution in [0.1, 0.15) is 10.7 Å². The Balaban J connectivity index is 1.97. The summed E-state index contributed by atoms with van der Waals surface area (Å²) in [5.74, 6) is -0.495. The normalized spacial score (nSPS) is 11.3. The van der Waals surface area contributed by atoms with Crippen LogP contribution >= 0.6 is 22.9 Å². The van der Waals surface area contributed by atoms with Gasteiger partial charge in [-0.1, -0.05) is 17.7 Å². The van der Waals surface area contributed by atoms with Crippen molar-refractivity contribution in [1.29, 1.82) is 0 Å². The number of halogens is 1. The first-order valence-corrected chi connectivity index (χ1v) is 8.58. The summed E-state index contributed by atoms with van der Waals surface area (Å²) >= 11 is 7.16. The Labute approximate surface area is 131 Å². The summed E-state index contributed by atoms with van der Waals surface area (Å²) in [5.41, 5.74) is 2.74. The molecule has 2 N–H and O–H groups in total. The van der Waals surface area contributed by atoms with E-state index in [0.29, 0.717) is 10.7 Å². The number of amides is 1. The molecule has 2 aromatic rings. The highest BCUT2D eigenvalue weighted by molar-refractivity contribution is 7.89. The molecule has 1 aromatic carbocycles. The van der Waals surface area contributed by atoms with E-state index in [1.54, 1.807) is 11.4 Å². The van der Waals surface area contributed by atoms with Crippen LogP contribution in [0.2, 0.25) is 5.02 Å². The summed E-state index contributed by atoms with van der Waals surface area (Å²) < 4.78 is 23.9. The standard InChI is InChI=1S/C12H12ClN3O3S2/c1-8-14-10(7-20-8)6-12(17)15-16-21(18,19)11-4-2-3-9(13)5-11/h2-5,7,16H,6H2,1H3,(H,15,17). The van der Waals surface area contributed by atoms with Crippen LogP contribution in [0.25, 0.3) is 0 Å². The second-order valence-corrected chi connectivity index (χ2v) is 7.33. The van der Waals surface area contributed by atoms with Crippen LogP contribution in [0.15, 0.2) is 34.5 Å². The molecule has 2 rings (SSSR count). The molecule has 0 aliphatic carbocycles. The van der Waals surface area contributed by atoms with E-state index in [4.69, 9.17) is 11.6 Å². The second-order valence-electron chi connectivity index (χ2n) is 4.15. The molecule has 0 saturated carbocycles. The molecule has 1 aromatic heterocycles. The van der Waals surface area contributed by atoms with E-state index in [0.717, 1.165) is 5.01 Å². The van der Waals surface area contributed by atoms with Crippen molar-refractivity contribution >= 4 is 38.9 Å².